The van der Waals surface area contributed by atoms with Crippen LogP contribution >= 0.6 is 0 Å². The molecule has 1 heterocycles. The zero-order valence-electron chi connectivity index (χ0n) is 14.0. The van der Waals surface area contributed by atoms with Gasteiger partial charge in [-0.25, -0.2) is 0 Å². The molecule has 23 heavy (non-hydrogen) atoms. The molecule has 2 aromatic rings. The summed E-state index contributed by atoms with van der Waals surface area (Å²) in [6.07, 6.45) is 10.3. The van der Waals surface area contributed by atoms with Crippen molar-refractivity contribution in [3.63, 3.8) is 0 Å². The van der Waals surface area contributed by atoms with Crippen molar-refractivity contribution >= 4 is 5.70 Å². The van der Waals surface area contributed by atoms with Gasteiger partial charge in [-0.1, -0.05) is 56.2 Å². The van der Waals surface area contributed by atoms with Gasteiger partial charge in [0.1, 0.15) is 5.76 Å². The second-order valence-corrected chi connectivity index (χ2v) is 6.50. The largest absolute Gasteiger partial charge is 0.469 e. The first kappa shape index (κ1) is 15.9. The molecule has 0 amide bonds. The van der Waals surface area contributed by atoms with Crippen LogP contribution < -0.4 is 5.32 Å². The zero-order chi connectivity index (χ0) is 15.9. The fraction of sp³-hybridized carbons (Fsp3) is 0.429. The van der Waals surface area contributed by atoms with Crippen LogP contribution in [0.2, 0.25) is 0 Å². The first-order valence-electron chi connectivity index (χ1n) is 8.89. The highest BCUT2D eigenvalue weighted by molar-refractivity contribution is 5.63. The van der Waals surface area contributed by atoms with Crippen molar-refractivity contribution in [1.29, 1.82) is 0 Å². The fourth-order valence-electron chi connectivity index (χ4n) is 2.99. The molecule has 1 unspecified atom stereocenters. The normalized spacial score (nSPS) is 16.3. The van der Waals surface area contributed by atoms with Crippen molar-refractivity contribution in [3.05, 3.63) is 66.1 Å². The van der Waals surface area contributed by atoms with Crippen LogP contribution in [0.15, 0.2) is 59.2 Å². The predicted molar refractivity (Wildman–Crippen MR) is 96.1 cm³/mol. The Bertz CT molecular complexity index is 596. The molecule has 0 aliphatic heterocycles. The molecule has 1 atom stereocenters. The average Bonchev–Trinajstić information content (AvgIpc) is 3.26. The first-order valence-corrected chi connectivity index (χ1v) is 8.89. The van der Waals surface area contributed by atoms with Gasteiger partial charge in [0.15, 0.2) is 0 Å². The molecule has 1 aliphatic carbocycles. The molecular formula is C21H27NO. The maximum atomic E-state index is 5.60. The highest BCUT2D eigenvalue weighted by Crippen LogP contribution is 2.32. The summed E-state index contributed by atoms with van der Waals surface area (Å²) < 4.78 is 5.60. The van der Waals surface area contributed by atoms with Crippen LogP contribution in [0.4, 0.5) is 0 Å². The summed E-state index contributed by atoms with van der Waals surface area (Å²) in [4.78, 5) is 0. The third kappa shape index (κ3) is 4.75. The van der Waals surface area contributed by atoms with E-state index in [4.69, 9.17) is 4.42 Å². The lowest BCUT2D eigenvalue weighted by Gasteiger charge is -2.14. The molecule has 2 heteroatoms. The molecule has 1 aromatic carbocycles. The molecule has 0 bridgehead atoms. The van der Waals surface area contributed by atoms with Gasteiger partial charge in [-0.05, 0) is 42.9 Å². The summed E-state index contributed by atoms with van der Waals surface area (Å²) in [5.74, 6) is 2.51. The second kappa shape index (κ2) is 8.05. The van der Waals surface area contributed by atoms with Crippen LogP contribution in [0, 0.1) is 5.92 Å². The van der Waals surface area contributed by atoms with Gasteiger partial charge in [-0.3, -0.25) is 0 Å². The van der Waals surface area contributed by atoms with Crippen molar-refractivity contribution in [3.8, 4) is 0 Å². The van der Waals surface area contributed by atoms with Crippen molar-refractivity contribution in [1.82, 2.24) is 5.32 Å². The van der Waals surface area contributed by atoms with E-state index in [-0.39, 0.29) is 0 Å². The minimum Gasteiger partial charge on any atom is -0.469 e. The van der Waals surface area contributed by atoms with E-state index in [2.05, 4.69) is 54.7 Å². The minimum absolute atomic E-state index is 0.453. The number of benzene rings is 1. The summed E-state index contributed by atoms with van der Waals surface area (Å²) in [6.45, 7) is 3.30. The van der Waals surface area contributed by atoms with Gasteiger partial charge >= 0.3 is 0 Å². The highest BCUT2D eigenvalue weighted by atomic mass is 16.3. The van der Waals surface area contributed by atoms with E-state index in [1.807, 2.05) is 6.07 Å². The third-order valence-corrected chi connectivity index (χ3v) is 4.69. The molecule has 0 radical (unpaired) electrons. The Morgan fingerprint density at radius 2 is 2.04 bits per heavy atom. The Hall–Kier alpha value is -1.96. The van der Waals surface area contributed by atoms with Crippen molar-refractivity contribution in [2.24, 2.45) is 5.92 Å². The number of rotatable bonds is 9. The predicted octanol–water partition coefficient (Wildman–Crippen LogP) is 5.59. The second-order valence-electron chi connectivity index (χ2n) is 6.50. The Morgan fingerprint density at radius 1 is 1.22 bits per heavy atom. The van der Waals surface area contributed by atoms with Gasteiger partial charge in [-0.2, -0.15) is 0 Å². The van der Waals surface area contributed by atoms with E-state index in [0.29, 0.717) is 5.92 Å². The van der Waals surface area contributed by atoms with Crippen LogP contribution in [0.3, 0.4) is 0 Å². The number of hydrogen-bond donors (Lipinski definition) is 1. The van der Waals surface area contributed by atoms with Crippen molar-refractivity contribution in [2.75, 3.05) is 6.54 Å². The number of furan rings is 1. The number of hydrogen-bond acceptors (Lipinski definition) is 2. The maximum Gasteiger partial charge on any atom is 0.107 e. The highest BCUT2D eigenvalue weighted by Gasteiger charge is 2.20. The Balaban J connectivity index is 1.67. The van der Waals surface area contributed by atoms with Crippen molar-refractivity contribution < 1.29 is 4.42 Å². The maximum absolute atomic E-state index is 5.60. The minimum atomic E-state index is 0.453. The summed E-state index contributed by atoms with van der Waals surface area (Å²) >= 11 is 0. The average molecular weight is 309 g/mol. The standard InChI is InChI=1S/C21H27NO/c1-2-18(21-9-6-16-23-21)12-13-20(19-7-4-3-5-8-19)22-15-14-17-10-11-17/h3-9,13,16-18,22H,2,10-12,14-15H2,1H3/b20-13-. The molecule has 2 nitrogen and oxygen atoms in total. The lowest BCUT2D eigenvalue weighted by atomic mass is 9.98. The monoisotopic (exact) mass is 309 g/mol. The number of nitrogens with one attached hydrogen (secondary N) is 1. The Labute approximate surface area is 139 Å². The van der Waals surface area contributed by atoms with E-state index >= 15 is 0 Å². The molecule has 3 rings (SSSR count). The van der Waals surface area contributed by atoms with Crippen LogP contribution in [-0.2, 0) is 0 Å². The molecule has 122 valence electrons. The van der Waals surface area contributed by atoms with Crippen LogP contribution in [-0.4, -0.2) is 6.54 Å². The van der Waals surface area contributed by atoms with Crippen LogP contribution in [0.25, 0.3) is 5.70 Å². The summed E-state index contributed by atoms with van der Waals surface area (Å²) in [6, 6.07) is 14.7. The Kier molecular flexibility index (Phi) is 5.57. The van der Waals surface area contributed by atoms with E-state index in [9.17, 15) is 0 Å². The smallest absolute Gasteiger partial charge is 0.107 e. The fourth-order valence-corrected chi connectivity index (χ4v) is 2.99. The third-order valence-electron chi connectivity index (χ3n) is 4.69. The van der Waals surface area contributed by atoms with E-state index in [1.54, 1.807) is 6.26 Å². The van der Waals surface area contributed by atoms with Gasteiger partial charge in [0.05, 0.1) is 6.26 Å². The van der Waals surface area contributed by atoms with Crippen molar-refractivity contribution in [2.45, 2.75) is 44.9 Å². The molecule has 0 spiro atoms. The van der Waals surface area contributed by atoms with Gasteiger partial charge in [0.25, 0.3) is 0 Å². The van der Waals surface area contributed by atoms with E-state index < -0.39 is 0 Å². The van der Waals surface area contributed by atoms with Gasteiger partial charge in [0.2, 0.25) is 0 Å². The zero-order valence-corrected chi connectivity index (χ0v) is 14.0. The molecule has 0 saturated heterocycles. The summed E-state index contributed by atoms with van der Waals surface area (Å²) in [5.41, 5.74) is 2.54. The van der Waals surface area contributed by atoms with Gasteiger partial charge < -0.3 is 9.73 Å². The van der Waals surface area contributed by atoms with Gasteiger partial charge in [-0.15, -0.1) is 0 Å². The molecule has 1 saturated carbocycles. The quantitative estimate of drug-likeness (QED) is 0.653. The first-order chi connectivity index (χ1) is 11.4. The topological polar surface area (TPSA) is 25.2 Å². The molecule has 1 aromatic heterocycles. The molecule has 1 aliphatic rings. The Morgan fingerprint density at radius 3 is 2.70 bits per heavy atom. The lowest BCUT2D eigenvalue weighted by molar-refractivity contribution is 0.455. The van der Waals surface area contributed by atoms with Crippen LogP contribution in [0.5, 0.6) is 0 Å². The SMILES string of the molecule is CCC(C/C=C(\NCCC1CC1)c1ccccc1)c1ccco1. The van der Waals surface area contributed by atoms with E-state index in [1.165, 1.54) is 30.5 Å². The van der Waals surface area contributed by atoms with Crippen LogP contribution in [0.1, 0.15) is 56.3 Å². The lowest BCUT2D eigenvalue weighted by Crippen LogP contribution is -2.14. The molecule has 1 N–H and O–H groups in total. The summed E-state index contributed by atoms with van der Waals surface area (Å²) in [5, 5.41) is 3.66. The number of allylic oxidation sites excluding steroid dienone is 1. The molecular weight excluding hydrogens is 282 g/mol. The molecule has 1 fully saturated rings. The van der Waals surface area contributed by atoms with Gasteiger partial charge in [0, 0.05) is 18.2 Å². The van der Waals surface area contributed by atoms with E-state index in [0.717, 1.165) is 31.1 Å². The summed E-state index contributed by atoms with van der Waals surface area (Å²) in [7, 11) is 0.